The molecule has 2 unspecified atom stereocenters. The van der Waals surface area contributed by atoms with Crippen LogP contribution in [0.4, 0.5) is 0 Å². The molecule has 0 N–H and O–H groups in total. The van der Waals surface area contributed by atoms with Crippen molar-refractivity contribution >= 4 is 45.9 Å². The van der Waals surface area contributed by atoms with E-state index in [1.54, 1.807) is 16.3 Å². The summed E-state index contributed by atoms with van der Waals surface area (Å²) in [5.74, 6) is 1.02. The van der Waals surface area contributed by atoms with E-state index in [9.17, 15) is 4.79 Å². The molecule has 1 saturated carbocycles. The summed E-state index contributed by atoms with van der Waals surface area (Å²) in [7, 11) is 0. The number of aromatic nitrogens is 2. The van der Waals surface area contributed by atoms with Crippen LogP contribution in [0.2, 0.25) is 0 Å². The molecule has 0 amide bonds. The molecular weight excluding hydrogens is 367 g/mol. The fourth-order valence-corrected chi connectivity index (χ4v) is 4.97. The SMILES string of the molecule is O=c1c2ccccc2nc(SCC2CC2(Cl)Cl)n1CC1CCCO1. The topological polar surface area (TPSA) is 44.1 Å². The van der Waals surface area contributed by atoms with E-state index in [4.69, 9.17) is 32.9 Å². The van der Waals surface area contributed by atoms with Gasteiger partial charge in [0.05, 0.1) is 23.6 Å². The van der Waals surface area contributed by atoms with Gasteiger partial charge in [-0.25, -0.2) is 4.98 Å². The number of hydrogen-bond donors (Lipinski definition) is 0. The Kier molecular flexibility index (Phi) is 4.54. The monoisotopic (exact) mass is 384 g/mol. The first-order valence-electron chi connectivity index (χ1n) is 8.16. The first-order chi connectivity index (χ1) is 11.5. The molecule has 0 spiro atoms. The van der Waals surface area contributed by atoms with Crippen LogP contribution in [0, 0.1) is 5.92 Å². The lowest BCUT2D eigenvalue weighted by Crippen LogP contribution is -2.29. The van der Waals surface area contributed by atoms with Gasteiger partial charge in [0.1, 0.15) is 4.33 Å². The fraction of sp³-hybridized carbons (Fsp3) is 0.529. The second kappa shape index (κ2) is 6.52. The van der Waals surface area contributed by atoms with E-state index in [2.05, 4.69) is 0 Å². The Morgan fingerprint density at radius 3 is 2.88 bits per heavy atom. The summed E-state index contributed by atoms with van der Waals surface area (Å²) in [5, 5.41) is 1.38. The third-order valence-corrected chi connectivity index (χ3v) is 6.67. The predicted molar refractivity (Wildman–Crippen MR) is 98.2 cm³/mol. The van der Waals surface area contributed by atoms with E-state index >= 15 is 0 Å². The van der Waals surface area contributed by atoms with Crippen molar-refractivity contribution in [2.24, 2.45) is 5.92 Å². The number of halogens is 2. The first kappa shape index (κ1) is 16.7. The third kappa shape index (κ3) is 3.32. The van der Waals surface area contributed by atoms with Crippen molar-refractivity contribution in [1.82, 2.24) is 9.55 Å². The summed E-state index contributed by atoms with van der Waals surface area (Å²) in [6, 6.07) is 7.47. The molecule has 1 aliphatic carbocycles. The lowest BCUT2D eigenvalue weighted by atomic mass is 10.2. The van der Waals surface area contributed by atoms with Gasteiger partial charge in [-0.15, -0.1) is 23.2 Å². The average molecular weight is 385 g/mol. The predicted octanol–water partition coefficient (Wildman–Crippen LogP) is 3.86. The second-order valence-electron chi connectivity index (χ2n) is 6.44. The van der Waals surface area contributed by atoms with E-state index in [0.717, 1.165) is 42.3 Å². The van der Waals surface area contributed by atoms with Crippen molar-refractivity contribution in [3.63, 3.8) is 0 Å². The van der Waals surface area contributed by atoms with Crippen LogP contribution in [0.25, 0.3) is 10.9 Å². The zero-order valence-electron chi connectivity index (χ0n) is 13.1. The Morgan fingerprint density at radius 1 is 1.38 bits per heavy atom. The minimum atomic E-state index is -0.608. The van der Waals surface area contributed by atoms with Crippen LogP contribution in [0.5, 0.6) is 0 Å². The molecule has 2 aliphatic rings. The molecule has 7 heteroatoms. The fourth-order valence-electron chi connectivity index (χ4n) is 3.04. The van der Waals surface area contributed by atoms with Crippen LogP contribution in [0.1, 0.15) is 19.3 Å². The maximum absolute atomic E-state index is 12.9. The van der Waals surface area contributed by atoms with Gasteiger partial charge in [0.15, 0.2) is 5.16 Å². The van der Waals surface area contributed by atoms with Gasteiger partial charge in [0.2, 0.25) is 0 Å². The molecular formula is C17H18Cl2N2O2S. The third-order valence-electron chi connectivity index (χ3n) is 4.61. The number of hydrogen-bond acceptors (Lipinski definition) is 4. The Labute approximate surface area is 154 Å². The van der Waals surface area contributed by atoms with Crippen LogP contribution in [0.15, 0.2) is 34.2 Å². The van der Waals surface area contributed by atoms with E-state index < -0.39 is 4.33 Å². The van der Waals surface area contributed by atoms with Gasteiger partial charge < -0.3 is 4.74 Å². The number of benzene rings is 1. The van der Waals surface area contributed by atoms with Crippen molar-refractivity contribution in [3.8, 4) is 0 Å². The van der Waals surface area contributed by atoms with Gasteiger partial charge in [-0.2, -0.15) is 0 Å². The van der Waals surface area contributed by atoms with Crippen LogP contribution in [-0.4, -0.2) is 32.3 Å². The molecule has 128 valence electrons. The Balaban J connectivity index is 1.67. The Morgan fingerprint density at radius 2 is 2.17 bits per heavy atom. The summed E-state index contributed by atoms with van der Waals surface area (Å²) < 4.78 is 6.86. The molecule has 0 bridgehead atoms. The van der Waals surface area contributed by atoms with E-state index in [0.29, 0.717) is 11.9 Å². The molecule has 2 atom stereocenters. The normalized spacial score (nSPS) is 25.2. The van der Waals surface area contributed by atoms with Crippen molar-refractivity contribution in [1.29, 1.82) is 0 Å². The zero-order chi connectivity index (χ0) is 16.7. The minimum Gasteiger partial charge on any atom is -0.376 e. The highest BCUT2D eigenvalue weighted by Gasteiger charge is 2.51. The maximum Gasteiger partial charge on any atom is 0.262 e. The van der Waals surface area contributed by atoms with E-state index in [-0.39, 0.29) is 17.6 Å². The summed E-state index contributed by atoms with van der Waals surface area (Å²) in [6.07, 6.45) is 2.92. The van der Waals surface area contributed by atoms with Crippen LogP contribution >= 0.6 is 35.0 Å². The van der Waals surface area contributed by atoms with Crippen molar-refractivity contribution in [2.75, 3.05) is 12.4 Å². The van der Waals surface area contributed by atoms with Crippen LogP contribution < -0.4 is 5.56 Å². The largest absolute Gasteiger partial charge is 0.376 e. The lowest BCUT2D eigenvalue weighted by molar-refractivity contribution is 0.0937. The molecule has 4 nitrogen and oxygen atoms in total. The molecule has 2 aromatic rings. The van der Waals surface area contributed by atoms with Crippen LogP contribution in [-0.2, 0) is 11.3 Å². The van der Waals surface area contributed by atoms with E-state index in [1.807, 2.05) is 24.3 Å². The highest BCUT2D eigenvalue weighted by molar-refractivity contribution is 7.99. The number of para-hydroxylation sites is 1. The van der Waals surface area contributed by atoms with Gasteiger partial charge in [-0.05, 0) is 31.4 Å². The Bertz CT molecular complexity index is 818. The molecule has 1 aliphatic heterocycles. The number of rotatable bonds is 5. The molecule has 1 saturated heterocycles. The molecule has 2 fully saturated rings. The van der Waals surface area contributed by atoms with Crippen molar-refractivity contribution in [3.05, 3.63) is 34.6 Å². The summed E-state index contributed by atoms with van der Waals surface area (Å²) in [4.78, 5) is 17.6. The van der Waals surface area contributed by atoms with Crippen molar-refractivity contribution in [2.45, 2.75) is 41.4 Å². The number of fused-ring (bicyclic) bond motifs is 1. The first-order valence-corrected chi connectivity index (χ1v) is 9.90. The summed E-state index contributed by atoms with van der Waals surface area (Å²) >= 11 is 13.8. The van der Waals surface area contributed by atoms with Gasteiger partial charge in [0.25, 0.3) is 5.56 Å². The van der Waals surface area contributed by atoms with Crippen LogP contribution in [0.3, 0.4) is 0 Å². The van der Waals surface area contributed by atoms with Gasteiger partial charge in [-0.3, -0.25) is 9.36 Å². The molecule has 2 heterocycles. The molecule has 4 rings (SSSR count). The summed E-state index contributed by atoms with van der Waals surface area (Å²) in [5.41, 5.74) is 0.727. The van der Waals surface area contributed by atoms with Gasteiger partial charge in [0, 0.05) is 18.3 Å². The maximum atomic E-state index is 12.9. The number of ether oxygens (including phenoxy) is 1. The highest BCUT2D eigenvalue weighted by atomic mass is 35.5. The Hall–Kier alpha value is -0.750. The smallest absolute Gasteiger partial charge is 0.262 e. The lowest BCUT2D eigenvalue weighted by Gasteiger charge is -2.16. The number of thioether (sulfide) groups is 1. The second-order valence-corrected chi connectivity index (χ2v) is 8.96. The zero-order valence-corrected chi connectivity index (χ0v) is 15.4. The molecule has 24 heavy (non-hydrogen) atoms. The minimum absolute atomic E-state index is 0.00240. The molecule has 0 radical (unpaired) electrons. The van der Waals surface area contributed by atoms with Gasteiger partial charge >= 0.3 is 0 Å². The molecule has 1 aromatic carbocycles. The highest BCUT2D eigenvalue weighted by Crippen LogP contribution is 2.54. The average Bonchev–Trinajstić information content (AvgIpc) is 2.96. The number of alkyl halides is 2. The summed E-state index contributed by atoms with van der Waals surface area (Å²) in [6.45, 7) is 1.32. The quantitative estimate of drug-likeness (QED) is 0.445. The van der Waals surface area contributed by atoms with Crippen molar-refractivity contribution < 1.29 is 4.74 Å². The standard InChI is InChI=1S/C17H18Cl2N2O2S/c18-17(19)8-11(17)10-24-16-20-14-6-2-1-5-13(14)15(22)21(16)9-12-4-3-7-23-12/h1-2,5-6,11-12H,3-4,7-10H2. The molecule has 1 aromatic heterocycles. The van der Waals surface area contributed by atoms with E-state index in [1.165, 1.54) is 0 Å². The number of nitrogens with zero attached hydrogens (tertiary/aromatic N) is 2. The van der Waals surface area contributed by atoms with Gasteiger partial charge in [-0.1, -0.05) is 23.9 Å².